The molecule has 0 radical (unpaired) electrons. The summed E-state index contributed by atoms with van der Waals surface area (Å²) in [4.78, 5) is 51.1. The van der Waals surface area contributed by atoms with Gasteiger partial charge in [-0.15, -0.1) is 0 Å². The number of alkyl carbamates (subject to hydrolysis) is 1. The van der Waals surface area contributed by atoms with E-state index >= 15 is 0 Å². The third kappa shape index (κ3) is 7.02. The molecule has 3 N–H and O–H groups in total. The second kappa shape index (κ2) is 14.8. The van der Waals surface area contributed by atoms with Gasteiger partial charge in [0.2, 0.25) is 0 Å². The van der Waals surface area contributed by atoms with Crippen molar-refractivity contribution >= 4 is 46.7 Å². The molecule has 2 amide bonds. The van der Waals surface area contributed by atoms with Crippen molar-refractivity contribution < 1.29 is 38.4 Å². The van der Waals surface area contributed by atoms with Crippen molar-refractivity contribution in [2.24, 2.45) is 0 Å². The molecule has 1 aliphatic carbocycles. The first-order chi connectivity index (χ1) is 26.2. The minimum atomic E-state index is -1.15. The molecule has 0 saturated carbocycles. The first kappa shape index (κ1) is 35.7. The Morgan fingerprint density at radius 1 is 0.926 bits per heavy atom. The minimum Gasteiger partial charge on any atom is -0.480 e. The van der Waals surface area contributed by atoms with E-state index < -0.39 is 48.4 Å². The summed E-state index contributed by atoms with van der Waals surface area (Å²) in [7, 11) is 0. The fourth-order valence-corrected chi connectivity index (χ4v) is 8.43. The normalized spacial score (nSPS) is 21.6. The summed E-state index contributed by atoms with van der Waals surface area (Å²) >= 11 is 1.49. The Morgan fingerprint density at radius 2 is 1.61 bits per heavy atom. The van der Waals surface area contributed by atoms with Gasteiger partial charge in [0.25, 0.3) is 5.91 Å². The van der Waals surface area contributed by atoms with Gasteiger partial charge in [0.1, 0.15) is 31.2 Å². The van der Waals surface area contributed by atoms with Gasteiger partial charge in [-0.3, -0.25) is 9.36 Å². The number of ether oxygens (including phenoxy) is 4. The molecule has 54 heavy (non-hydrogen) atoms. The summed E-state index contributed by atoms with van der Waals surface area (Å²) in [5, 5.41) is 15.3. The van der Waals surface area contributed by atoms with Crippen molar-refractivity contribution in [1.29, 1.82) is 0 Å². The molecular formula is C39H38N6O8S. The van der Waals surface area contributed by atoms with Gasteiger partial charge >= 0.3 is 12.1 Å². The first-order valence-corrected chi connectivity index (χ1v) is 18.8. The monoisotopic (exact) mass is 750 g/mol. The van der Waals surface area contributed by atoms with Crippen LogP contribution in [0.1, 0.15) is 53.9 Å². The molecule has 278 valence electrons. The zero-order valence-corrected chi connectivity index (χ0v) is 30.3. The predicted octanol–water partition coefficient (Wildman–Crippen LogP) is 5.61. The number of carbonyl (C=O) groups is 3. The quantitative estimate of drug-likeness (QED) is 0.135. The molecule has 4 heterocycles. The molecule has 2 saturated heterocycles. The van der Waals surface area contributed by atoms with Crippen molar-refractivity contribution in [2.75, 3.05) is 23.4 Å². The van der Waals surface area contributed by atoms with E-state index in [0.717, 1.165) is 22.3 Å². The molecule has 0 bridgehead atoms. The number of carboxylic acids is 1. The molecule has 14 nitrogen and oxygen atoms in total. The maximum absolute atomic E-state index is 12.9. The summed E-state index contributed by atoms with van der Waals surface area (Å²) in [6, 6.07) is 23.7. The third-order valence-electron chi connectivity index (χ3n) is 9.79. The van der Waals surface area contributed by atoms with E-state index in [9.17, 15) is 19.5 Å². The number of aliphatic carboxylic acids is 1. The van der Waals surface area contributed by atoms with Crippen LogP contribution < -0.4 is 10.6 Å². The smallest absolute Gasteiger partial charge is 0.407 e. The van der Waals surface area contributed by atoms with Crippen LogP contribution in [0.25, 0.3) is 22.3 Å². The Hall–Kier alpha value is -5.35. The number of carbonyl (C=O) groups excluding carboxylic acids is 2. The van der Waals surface area contributed by atoms with E-state index in [1.54, 1.807) is 35.2 Å². The van der Waals surface area contributed by atoms with Crippen molar-refractivity contribution in [3.63, 3.8) is 0 Å². The second-order valence-corrected chi connectivity index (χ2v) is 14.9. The minimum absolute atomic E-state index is 0.0873. The van der Waals surface area contributed by atoms with Gasteiger partial charge in [-0.1, -0.05) is 66.7 Å². The maximum atomic E-state index is 12.9. The van der Waals surface area contributed by atoms with E-state index in [4.69, 9.17) is 18.9 Å². The number of benzene rings is 3. The van der Waals surface area contributed by atoms with Gasteiger partial charge < -0.3 is 34.7 Å². The summed E-state index contributed by atoms with van der Waals surface area (Å²) in [5.41, 5.74) is 5.67. The molecule has 8 rings (SSSR count). The number of hydrogen-bond donors (Lipinski definition) is 3. The average molecular weight is 751 g/mol. The van der Waals surface area contributed by atoms with Crippen molar-refractivity contribution in [2.45, 2.75) is 62.6 Å². The number of anilines is 1. The van der Waals surface area contributed by atoms with Crippen LogP contribution in [0.5, 0.6) is 0 Å². The Kier molecular flexibility index (Phi) is 9.79. The molecular weight excluding hydrogens is 713 g/mol. The number of amides is 2. The molecule has 2 aliphatic heterocycles. The molecule has 3 aliphatic rings. The number of carboxylic acid groups (broad SMARTS) is 1. The summed E-state index contributed by atoms with van der Waals surface area (Å²) in [5.74, 6) is -1.34. The van der Waals surface area contributed by atoms with E-state index in [2.05, 4.69) is 37.7 Å². The van der Waals surface area contributed by atoms with Gasteiger partial charge in [0.15, 0.2) is 29.0 Å². The molecule has 3 aromatic carbocycles. The lowest BCUT2D eigenvalue weighted by atomic mass is 9.98. The first-order valence-electron chi connectivity index (χ1n) is 17.6. The summed E-state index contributed by atoms with van der Waals surface area (Å²) in [6.07, 6.45) is 0.325. The van der Waals surface area contributed by atoms with Gasteiger partial charge in [0, 0.05) is 17.2 Å². The lowest BCUT2D eigenvalue weighted by Gasteiger charge is -2.24. The Bertz CT molecular complexity index is 2150. The number of thioether (sulfide) groups is 1. The molecule has 0 unspecified atom stereocenters. The Balaban J connectivity index is 0.880. The zero-order valence-electron chi connectivity index (χ0n) is 29.5. The fraction of sp³-hybridized carbons (Fsp3) is 0.333. The number of imidazole rings is 1. The number of nitrogens with zero attached hydrogens (tertiary/aromatic N) is 4. The highest BCUT2D eigenvalue weighted by molar-refractivity contribution is 7.99. The Labute approximate surface area is 314 Å². The van der Waals surface area contributed by atoms with Crippen LogP contribution in [0.2, 0.25) is 0 Å². The van der Waals surface area contributed by atoms with Gasteiger partial charge in [-0.25, -0.2) is 24.5 Å². The predicted molar refractivity (Wildman–Crippen MR) is 199 cm³/mol. The highest BCUT2D eigenvalue weighted by Gasteiger charge is 2.56. The standard InChI is InChI=1S/C39H38N6O8S/c1-39(2)52-31-29(51-36(32(31)53-39)45-21-42-30-33(40-20-41-34(30)45)44-35(46)22-10-4-3-5-11-22)19-54-17-16-28(37(47)48)43-38(49)50-18-27-25-14-8-6-12-23(25)24-13-7-9-15-26(24)27/h3-15,20-21,27-29,31-32,36H,16-19H2,1-2H3,(H,43,49)(H,47,48)(H,40,41,44,46)/t28-,29-,31-,32-,36-/m1/s1. The topological polar surface area (TPSA) is 176 Å². The number of fused-ring (bicyclic) bond motifs is 5. The molecule has 5 atom stereocenters. The molecule has 15 heteroatoms. The third-order valence-corrected chi connectivity index (χ3v) is 10.9. The van der Waals surface area contributed by atoms with Crippen molar-refractivity contribution in [1.82, 2.24) is 24.8 Å². The van der Waals surface area contributed by atoms with Crippen LogP contribution in [-0.2, 0) is 23.7 Å². The zero-order chi connectivity index (χ0) is 37.4. The molecule has 5 aromatic rings. The number of rotatable bonds is 12. The lowest BCUT2D eigenvalue weighted by molar-refractivity contribution is -0.193. The van der Waals surface area contributed by atoms with Gasteiger partial charge in [-0.05, 0) is 60.4 Å². The fourth-order valence-electron chi connectivity index (χ4n) is 7.36. The second-order valence-electron chi connectivity index (χ2n) is 13.7. The van der Waals surface area contributed by atoms with Gasteiger partial charge in [0.05, 0.1) is 12.4 Å². The molecule has 2 fully saturated rings. The largest absolute Gasteiger partial charge is 0.480 e. The van der Waals surface area contributed by atoms with Gasteiger partial charge in [-0.2, -0.15) is 11.8 Å². The molecule has 2 aromatic heterocycles. The van der Waals surface area contributed by atoms with E-state index in [-0.39, 0.29) is 30.7 Å². The van der Waals surface area contributed by atoms with Crippen molar-refractivity contribution in [3.05, 3.63) is 108 Å². The van der Waals surface area contributed by atoms with Crippen LogP contribution in [0.3, 0.4) is 0 Å². The van der Waals surface area contributed by atoms with Crippen LogP contribution >= 0.6 is 11.8 Å². The number of aromatic nitrogens is 4. The van der Waals surface area contributed by atoms with E-state index in [1.807, 2.05) is 56.3 Å². The number of hydrogen-bond acceptors (Lipinski definition) is 11. The van der Waals surface area contributed by atoms with E-state index in [1.165, 1.54) is 18.1 Å². The Morgan fingerprint density at radius 3 is 2.33 bits per heavy atom. The van der Waals surface area contributed by atoms with E-state index in [0.29, 0.717) is 28.2 Å². The summed E-state index contributed by atoms with van der Waals surface area (Å²) in [6.45, 7) is 3.76. The SMILES string of the molecule is CC1(C)O[C@@H]2[C@H](O1)[C@@H](CSCC[C@@H](NC(=O)OCC1c3ccccc3-c3ccccc31)C(=O)O)O[C@H]2n1cnc2c(NC(=O)c3ccccc3)ncnc21. The van der Waals surface area contributed by atoms with Crippen molar-refractivity contribution in [3.8, 4) is 11.1 Å². The number of nitrogens with one attached hydrogen (secondary N) is 2. The molecule has 0 spiro atoms. The highest BCUT2D eigenvalue weighted by atomic mass is 32.2. The van der Waals surface area contributed by atoms with Crippen LogP contribution in [0.15, 0.2) is 91.5 Å². The van der Waals surface area contributed by atoms with Crippen LogP contribution in [0, 0.1) is 0 Å². The maximum Gasteiger partial charge on any atom is 0.407 e. The van der Waals surface area contributed by atoms with Crippen LogP contribution in [0.4, 0.5) is 10.6 Å². The summed E-state index contributed by atoms with van der Waals surface area (Å²) < 4.78 is 26.4. The highest BCUT2D eigenvalue weighted by Crippen LogP contribution is 2.46. The average Bonchev–Trinajstić information content (AvgIpc) is 3.91. The van der Waals surface area contributed by atoms with Crippen LogP contribution in [-0.4, -0.2) is 90.8 Å². The lowest BCUT2D eigenvalue weighted by Crippen LogP contribution is -2.42.